The van der Waals surface area contributed by atoms with Crippen LogP contribution in [0.2, 0.25) is 0 Å². The molecule has 0 bridgehead atoms. The third kappa shape index (κ3) is 1.04. The fourth-order valence-corrected chi connectivity index (χ4v) is 0.479. The molecule has 0 aliphatic heterocycles. The highest BCUT2D eigenvalue weighted by atomic mass is 16.3. The van der Waals surface area contributed by atoms with E-state index in [1.54, 1.807) is 24.5 Å². The van der Waals surface area contributed by atoms with Gasteiger partial charge in [-0.05, 0) is 17.7 Å². The van der Waals surface area contributed by atoms with Gasteiger partial charge >= 0.3 is 0 Å². The Bertz CT molecular complexity index is 150. The molecule has 41 valence electrons. The summed E-state index contributed by atoms with van der Waals surface area (Å²) >= 11 is 0. The van der Waals surface area contributed by atoms with E-state index in [1.165, 1.54) is 0 Å². The molecule has 2 heteroatoms. The Morgan fingerprint density at radius 1 is 1.38 bits per heavy atom. The molecule has 8 heavy (non-hydrogen) atoms. The molecule has 0 saturated heterocycles. The number of hydrogen-bond donors (Lipinski definition) is 0. The molecule has 0 aliphatic carbocycles. The van der Waals surface area contributed by atoms with Gasteiger partial charge in [-0.1, -0.05) is 0 Å². The van der Waals surface area contributed by atoms with Gasteiger partial charge in [-0.25, -0.2) is 5.11 Å². The van der Waals surface area contributed by atoms with E-state index in [0.717, 1.165) is 5.56 Å². The zero-order chi connectivity index (χ0) is 5.82. The van der Waals surface area contributed by atoms with E-state index < -0.39 is 0 Å². The molecule has 2 nitrogen and oxygen atoms in total. The summed E-state index contributed by atoms with van der Waals surface area (Å²) in [6.07, 6.45) is 3.24. The van der Waals surface area contributed by atoms with Crippen LogP contribution in [0.3, 0.4) is 0 Å². The summed E-state index contributed by atoms with van der Waals surface area (Å²) in [7, 11) is 0. The van der Waals surface area contributed by atoms with Crippen LogP contribution < -0.4 is 0 Å². The van der Waals surface area contributed by atoms with Gasteiger partial charge in [0.15, 0.2) is 0 Å². The van der Waals surface area contributed by atoms with Crippen molar-refractivity contribution in [1.29, 1.82) is 0 Å². The van der Waals surface area contributed by atoms with Crippen LogP contribution in [0.4, 0.5) is 0 Å². The van der Waals surface area contributed by atoms with E-state index in [1.807, 2.05) is 0 Å². The first-order valence-electron chi connectivity index (χ1n) is 2.40. The van der Waals surface area contributed by atoms with Crippen molar-refractivity contribution < 1.29 is 5.11 Å². The summed E-state index contributed by atoms with van der Waals surface area (Å²) in [5, 5.41) is 10.1. The minimum absolute atomic E-state index is 0.150. The van der Waals surface area contributed by atoms with Crippen LogP contribution in [0.25, 0.3) is 0 Å². The van der Waals surface area contributed by atoms with Gasteiger partial charge in [-0.2, -0.15) is 0 Å². The van der Waals surface area contributed by atoms with Gasteiger partial charge in [-0.15, -0.1) is 0 Å². The van der Waals surface area contributed by atoms with E-state index in [4.69, 9.17) is 0 Å². The Kier molecular flexibility index (Phi) is 1.59. The third-order valence-electron chi connectivity index (χ3n) is 0.916. The smallest absolute Gasteiger partial charge is 0.107 e. The lowest BCUT2D eigenvalue weighted by atomic mass is 10.3. The maximum absolute atomic E-state index is 10.1. The Labute approximate surface area is 47.8 Å². The van der Waals surface area contributed by atoms with E-state index in [2.05, 4.69) is 4.98 Å². The summed E-state index contributed by atoms with van der Waals surface area (Å²) < 4.78 is 0. The molecule has 1 rings (SSSR count). The van der Waals surface area contributed by atoms with E-state index in [9.17, 15) is 5.11 Å². The second-order valence-electron chi connectivity index (χ2n) is 1.50. The van der Waals surface area contributed by atoms with Crippen LogP contribution in [-0.4, -0.2) is 4.98 Å². The fourth-order valence-electron chi connectivity index (χ4n) is 0.479. The van der Waals surface area contributed by atoms with Crippen molar-refractivity contribution in [2.24, 2.45) is 0 Å². The second-order valence-corrected chi connectivity index (χ2v) is 1.50. The first-order chi connectivity index (χ1) is 3.93. The molecule has 0 amide bonds. The lowest BCUT2D eigenvalue weighted by molar-refractivity contribution is 0.177. The molecule has 0 saturated carbocycles. The lowest BCUT2D eigenvalue weighted by Crippen LogP contribution is -1.78. The van der Waals surface area contributed by atoms with Gasteiger partial charge in [0, 0.05) is 12.4 Å². The molecular weight excluding hydrogens is 102 g/mol. The van der Waals surface area contributed by atoms with Gasteiger partial charge in [-0.3, -0.25) is 4.98 Å². The summed E-state index contributed by atoms with van der Waals surface area (Å²) in [5.74, 6) is 0. The van der Waals surface area contributed by atoms with Crippen LogP contribution in [0.15, 0.2) is 24.5 Å². The van der Waals surface area contributed by atoms with Crippen LogP contribution >= 0.6 is 0 Å². The quantitative estimate of drug-likeness (QED) is 0.528. The largest absolute Gasteiger partial charge is 0.265 e. The molecule has 1 radical (unpaired) electrons. The Hall–Kier alpha value is -0.890. The zero-order valence-corrected chi connectivity index (χ0v) is 4.37. The SMILES string of the molecule is [O]Cc1ccncc1. The van der Waals surface area contributed by atoms with Crippen molar-refractivity contribution in [2.45, 2.75) is 6.61 Å². The summed E-state index contributed by atoms with van der Waals surface area (Å²) in [6, 6.07) is 3.43. The molecule has 1 aromatic rings. The number of aromatic nitrogens is 1. The molecule has 0 unspecified atom stereocenters. The highest BCUT2D eigenvalue weighted by molar-refractivity contribution is 5.07. The fraction of sp³-hybridized carbons (Fsp3) is 0.167. The minimum atomic E-state index is -0.150. The van der Waals surface area contributed by atoms with Crippen LogP contribution in [0, 0.1) is 0 Å². The number of pyridine rings is 1. The molecule has 0 N–H and O–H groups in total. The number of rotatable bonds is 1. The average Bonchev–Trinajstić information content (AvgIpc) is 1.90. The predicted molar refractivity (Wildman–Crippen MR) is 28.6 cm³/mol. The molecule has 0 fully saturated rings. The number of nitrogens with zero attached hydrogens (tertiary/aromatic N) is 1. The maximum Gasteiger partial charge on any atom is 0.107 e. The average molecular weight is 108 g/mol. The van der Waals surface area contributed by atoms with Crippen molar-refractivity contribution in [3.63, 3.8) is 0 Å². The molecule has 1 aromatic heterocycles. The Morgan fingerprint density at radius 2 is 2.00 bits per heavy atom. The predicted octanol–water partition coefficient (Wildman–Crippen LogP) is 1.01. The van der Waals surface area contributed by atoms with E-state index >= 15 is 0 Å². The van der Waals surface area contributed by atoms with Gasteiger partial charge in [0.1, 0.15) is 6.61 Å². The summed E-state index contributed by atoms with van der Waals surface area (Å²) in [5.41, 5.74) is 0.792. The molecule has 0 aromatic carbocycles. The monoisotopic (exact) mass is 108 g/mol. The Balaban J connectivity index is 2.83. The first kappa shape index (κ1) is 5.25. The second kappa shape index (κ2) is 2.43. The summed E-state index contributed by atoms with van der Waals surface area (Å²) in [6.45, 7) is -0.150. The van der Waals surface area contributed by atoms with Gasteiger partial charge < -0.3 is 0 Å². The molecular formula is C6H6NO. The molecule has 1 heterocycles. The molecule has 0 spiro atoms. The van der Waals surface area contributed by atoms with Crippen LogP contribution in [0.5, 0.6) is 0 Å². The maximum atomic E-state index is 10.1. The van der Waals surface area contributed by atoms with Gasteiger partial charge in [0.05, 0.1) is 0 Å². The van der Waals surface area contributed by atoms with Gasteiger partial charge in [0.25, 0.3) is 0 Å². The number of hydrogen-bond acceptors (Lipinski definition) is 1. The van der Waals surface area contributed by atoms with Crippen LogP contribution in [-0.2, 0) is 11.7 Å². The highest BCUT2D eigenvalue weighted by Crippen LogP contribution is 1.93. The van der Waals surface area contributed by atoms with Crippen molar-refractivity contribution >= 4 is 0 Å². The normalized spacial score (nSPS) is 9.12. The lowest BCUT2D eigenvalue weighted by Gasteiger charge is -1.86. The highest BCUT2D eigenvalue weighted by Gasteiger charge is 1.83. The molecule has 0 atom stereocenters. The van der Waals surface area contributed by atoms with Crippen molar-refractivity contribution in [2.75, 3.05) is 0 Å². The van der Waals surface area contributed by atoms with E-state index in [-0.39, 0.29) is 6.61 Å². The Morgan fingerprint density at radius 3 is 2.38 bits per heavy atom. The minimum Gasteiger partial charge on any atom is -0.265 e. The standard InChI is InChI=1S/C6H6NO/c8-5-6-1-3-7-4-2-6/h1-4H,5H2. The van der Waals surface area contributed by atoms with E-state index in [0.29, 0.717) is 0 Å². The summed E-state index contributed by atoms with van der Waals surface area (Å²) in [4.78, 5) is 3.75. The van der Waals surface area contributed by atoms with Crippen molar-refractivity contribution in [1.82, 2.24) is 4.98 Å². The third-order valence-corrected chi connectivity index (χ3v) is 0.916. The molecule has 0 aliphatic rings. The van der Waals surface area contributed by atoms with Crippen LogP contribution in [0.1, 0.15) is 5.56 Å². The first-order valence-corrected chi connectivity index (χ1v) is 2.40. The van der Waals surface area contributed by atoms with Crippen molar-refractivity contribution in [3.8, 4) is 0 Å². The van der Waals surface area contributed by atoms with Crippen molar-refractivity contribution in [3.05, 3.63) is 30.1 Å². The zero-order valence-electron chi connectivity index (χ0n) is 4.37. The van der Waals surface area contributed by atoms with Gasteiger partial charge in [0.2, 0.25) is 0 Å². The topological polar surface area (TPSA) is 32.8 Å².